The van der Waals surface area contributed by atoms with Gasteiger partial charge < -0.3 is 39.9 Å². The highest BCUT2D eigenvalue weighted by Crippen LogP contribution is 2.44. The monoisotopic (exact) mass is 920 g/mol. The average molecular weight is 921 g/mol. The molecule has 1 aliphatic rings. The quantitative estimate of drug-likeness (QED) is 0.0390. The van der Waals surface area contributed by atoms with E-state index in [1.54, 1.807) is 41.5 Å². The van der Waals surface area contributed by atoms with Crippen LogP contribution >= 0.6 is 0 Å². The molecule has 2 atom stereocenters. The third kappa shape index (κ3) is 12.3. The number of carbonyl (C=O) groups is 4. The molecule has 1 heterocycles. The molecular weight excluding hydrogens is 861 g/mol. The predicted molar refractivity (Wildman–Crippen MR) is 257 cm³/mol. The van der Waals surface area contributed by atoms with Crippen molar-refractivity contribution >= 4 is 24.2 Å². The van der Waals surface area contributed by atoms with E-state index < -0.39 is 53.0 Å². The fraction of sp³-hybridized carbons (Fsp3) is 0.333. The molecule has 0 bridgehead atoms. The van der Waals surface area contributed by atoms with Gasteiger partial charge in [-0.2, -0.15) is 0 Å². The molecule has 1 aromatic heterocycles. The van der Waals surface area contributed by atoms with Crippen LogP contribution in [0.1, 0.15) is 125 Å². The van der Waals surface area contributed by atoms with Gasteiger partial charge in [-0.1, -0.05) is 140 Å². The van der Waals surface area contributed by atoms with Crippen molar-refractivity contribution in [1.29, 1.82) is 0 Å². The van der Waals surface area contributed by atoms with Gasteiger partial charge in [0.1, 0.15) is 35.4 Å². The smallest absolute Gasteiger partial charge is 0.408 e. The van der Waals surface area contributed by atoms with Gasteiger partial charge in [0.05, 0.1) is 6.42 Å². The molecule has 6 aromatic rings. The summed E-state index contributed by atoms with van der Waals surface area (Å²) in [6, 6.07) is 43.1. The minimum absolute atomic E-state index is 0.0255. The maximum absolute atomic E-state index is 14.8. The van der Waals surface area contributed by atoms with Crippen LogP contribution in [-0.4, -0.2) is 58.7 Å². The fourth-order valence-corrected chi connectivity index (χ4v) is 8.42. The molecule has 0 aliphatic heterocycles. The van der Waals surface area contributed by atoms with Crippen molar-refractivity contribution in [2.24, 2.45) is 0 Å². The Bertz CT molecular complexity index is 2500. The third-order valence-electron chi connectivity index (χ3n) is 11.3. The van der Waals surface area contributed by atoms with Crippen LogP contribution in [0.25, 0.3) is 11.1 Å². The van der Waals surface area contributed by atoms with E-state index in [0.717, 1.165) is 38.9 Å². The zero-order chi connectivity index (χ0) is 48.3. The number of amides is 4. The summed E-state index contributed by atoms with van der Waals surface area (Å²) in [4.78, 5) is 54.3. The Morgan fingerprint density at radius 3 is 1.54 bits per heavy atom. The third-order valence-corrected chi connectivity index (χ3v) is 11.3. The number of carbonyl (C=O) groups excluding carboxylic acids is 4. The lowest BCUT2D eigenvalue weighted by molar-refractivity contribution is -0.123. The van der Waals surface area contributed by atoms with Crippen molar-refractivity contribution in [3.63, 3.8) is 0 Å². The summed E-state index contributed by atoms with van der Waals surface area (Å²) in [5.41, 5.74) is 4.08. The molecule has 0 unspecified atom stereocenters. The van der Waals surface area contributed by atoms with E-state index in [2.05, 4.69) is 43.6 Å². The zero-order valence-electron chi connectivity index (χ0n) is 39.4. The van der Waals surface area contributed by atoms with Gasteiger partial charge in [0, 0.05) is 12.5 Å². The first-order valence-electron chi connectivity index (χ1n) is 23.0. The summed E-state index contributed by atoms with van der Waals surface area (Å²) in [7, 11) is 0. The Morgan fingerprint density at radius 2 is 1.03 bits per heavy atom. The maximum atomic E-state index is 14.8. The number of benzene rings is 5. The molecule has 14 heteroatoms. The number of hydrogen-bond acceptors (Lipinski definition) is 10. The van der Waals surface area contributed by atoms with Gasteiger partial charge in [-0.05, 0) is 99.7 Å². The van der Waals surface area contributed by atoms with Gasteiger partial charge in [0.25, 0.3) is 0 Å². The van der Waals surface area contributed by atoms with E-state index >= 15 is 0 Å². The molecule has 1 aliphatic carbocycles. The number of ether oxygens (including phenoxy) is 3. The molecule has 0 saturated heterocycles. The molecule has 0 fully saturated rings. The van der Waals surface area contributed by atoms with Crippen LogP contribution in [0, 0.1) is 0 Å². The number of rotatable bonds is 17. The second kappa shape index (κ2) is 21.4. The van der Waals surface area contributed by atoms with Crippen molar-refractivity contribution < 1.29 is 37.8 Å². The molecule has 7 rings (SSSR count). The summed E-state index contributed by atoms with van der Waals surface area (Å²) in [6.07, 6.45) is -1.03. The summed E-state index contributed by atoms with van der Waals surface area (Å²) in [6.45, 7) is 11.0. The summed E-state index contributed by atoms with van der Waals surface area (Å²) >= 11 is 0. The molecule has 68 heavy (non-hydrogen) atoms. The SMILES string of the molecule is CC(C)(C)OC(=O)NCCCC[C@H](NC(=O)OC(C)(C)C)c1nnc([C@H](CC(=O)NC(c2ccccc2)(c2ccccc2)c2ccccc2)NC(=O)OCC2c3ccccc3-c3ccccc32)o1. The van der Waals surface area contributed by atoms with Crippen LogP contribution in [0.2, 0.25) is 0 Å². The van der Waals surface area contributed by atoms with Gasteiger partial charge in [0.15, 0.2) is 0 Å². The van der Waals surface area contributed by atoms with E-state index in [1.165, 1.54) is 0 Å². The van der Waals surface area contributed by atoms with Crippen LogP contribution in [-0.2, 0) is 24.5 Å². The molecule has 5 aromatic carbocycles. The highest BCUT2D eigenvalue weighted by atomic mass is 16.6. The Morgan fingerprint density at radius 1 is 0.574 bits per heavy atom. The van der Waals surface area contributed by atoms with Crippen molar-refractivity contribution in [3.8, 4) is 11.1 Å². The number of alkyl carbamates (subject to hydrolysis) is 3. The molecule has 354 valence electrons. The van der Waals surface area contributed by atoms with Gasteiger partial charge in [0.2, 0.25) is 17.7 Å². The zero-order valence-corrected chi connectivity index (χ0v) is 39.4. The lowest BCUT2D eigenvalue weighted by Gasteiger charge is -2.37. The molecule has 0 saturated carbocycles. The van der Waals surface area contributed by atoms with Crippen molar-refractivity contribution in [1.82, 2.24) is 31.5 Å². The van der Waals surface area contributed by atoms with E-state index in [1.807, 2.05) is 127 Å². The predicted octanol–water partition coefficient (Wildman–Crippen LogP) is 10.4. The summed E-state index contributed by atoms with van der Waals surface area (Å²) in [5.74, 6) is -0.729. The average Bonchev–Trinajstić information content (AvgIpc) is 3.93. The summed E-state index contributed by atoms with van der Waals surface area (Å²) in [5, 5.41) is 20.5. The normalized spacial score (nSPS) is 13.3. The van der Waals surface area contributed by atoms with Gasteiger partial charge in [-0.15, -0.1) is 10.2 Å². The van der Waals surface area contributed by atoms with Crippen LogP contribution in [0.3, 0.4) is 0 Å². The first kappa shape index (κ1) is 48.5. The van der Waals surface area contributed by atoms with Gasteiger partial charge in [-0.3, -0.25) is 4.79 Å². The van der Waals surface area contributed by atoms with Crippen LogP contribution < -0.4 is 21.3 Å². The minimum atomic E-state index is -1.19. The number of nitrogens with one attached hydrogen (secondary N) is 4. The molecular formula is C54H60N6O8. The van der Waals surface area contributed by atoms with Crippen molar-refractivity contribution in [2.75, 3.05) is 13.2 Å². The van der Waals surface area contributed by atoms with Crippen molar-refractivity contribution in [3.05, 3.63) is 179 Å². The van der Waals surface area contributed by atoms with Crippen molar-refractivity contribution in [2.45, 2.75) is 102 Å². The van der Waals surface area contributed by atoms with E-state index in [-0.39, 0.29) is 30.7 Å². The molecule has 14 nitrogen and oxygen atoms in total. The van der Waals surface area contributed by atoms with Gasteiger partial charge >= 0.3 is 18.3 Å². The number of fused-ring (bicyclic) bond motifs is 3. The Hall–Kier alpha value is -7.48. The van der Waals surface area contributed by atoms with Crippen LogP contribution in [0.4, 0.5) is 14.4 Å². The molecule has 4 N–H and O–H groups in total. The second-order valence-electron chi connectivity index (χ2n) is 18.7. The Balaban J connectivity index is 1.17. The van der Waals surface area contributed by atoms with E-state index in [9.17, 15) is 19.2 Å². The standard InChI is InChI=1S/C54H60N6O8/c1-52(2,3)67-49(62)55-33-21-20-32-44(56-51(64)68-53(4,5)6)47-59-60-48(66-47)45(57-50(63)65-35-43-41-30-18-16-28-39(41)40-29-17-19-31-42(40)43)34-46(61)58-54(36-22-10-7-11-23-36,37-24-12-8-13-25-37)38-26-14-9-15-27-38/h7-19,22-31,43-45H,20-21,32-35H2,1-6H3,(H,55,62)(H,56,64)(H,57,63)(H,58,61)/t44-,45-/m0/s1. The highest BCUT2D eigenvalue weighted by Gasteiger charge is 2.39. The minimum Gasteiger partial charge on any atom is -0.449 e. The fourth-order valence-electron chi connectivity index (χ4n) is 8.42. The Labute approximate surface area is 397 Å². The molecule has 0 radical (unpaired) electrons. The number of aromatic nitrogens is 2. The molecule has 4 amide bonds. The highest BCUT2D eigenvalue weighted by molar-refractivity contribution is 5.81. The molecule has 0 spiro atoms. The lowest BCUT2D eigenvalue weighted by Crippen LogP contribution is -2.48. The Kier molecular flexibility index (Phi) is 15.3. The summed E-state index contributed by atoms with van der Waals surface area (Å²) < 4.78 is 23.2. The van der Waals surface area contributed by atoms with Gasteiger partial charge in [-0.25, -0.2) is 14.4 Å². The second-order valence-corrected chi connectivity index (χ2v) is 18.7. The first-order chi connectivity index (χ1) is 32.6. The lowest BCUT2D eigenvalue weighted by atomic mass is 9.77. The topological polar surface area (TPSA) is 183 Å². The number of unbranched alkanes of at least 4 members (excludes halogenated alkanes) is 1. The number of hydrogen-bond donors (Lipinski definition) is 4. The number of nitrogens with zero attached hydrogens (tertiary/aromatic N) is 2. The first-order valence-corrected chi connectivity index (χ1v) is 23.0. The van der Waals surface area contributed by atoms with E-state index in [0.29, 0.717) is 25.8 Å². The largest absolute Gasteiger partial charge is 0.449 e. The van der Waals surface area contributed by atoms with Crippen LogP contribution in [0.5, 0.6) is 0 Å². The van der Waals surface area contributed by atoms with E-state index in [4.69, 9.17) is 18.6 Å². The maximum Gasteiger partial charge on any atom is 0.408 e. The van der Waals surface area contributed by atoms with Crippen LogP contribution in [0.15, 0.2) is 144 Å².